The summed E-state index contributed by atoms with van der Waals surface area (Å²) in [6, 6.07) is 6.35. The third-order valence-electron chi connectivity index (χ3n) is 3.95. The van der Waals surface area contributed by atoms with Crippen LogP contribution in [0.15, 0.2) is 18.2 Å². The Morgan fingerprint density at radius 1 is 1.50 bits per heavy atom. The molecule has 0 aliphatic carbocycles. The Kier molecular flexibility index (Phi) is 3.85. The Morgan fingerprint density at radius 2 is 2.33 bits per heavy atom. The minimum Gasteiger partial charge on any atom is -0.493 e. The van der Waals surface area contributed by atoms with E-state index in [0.29, 0.717) is 19.1 Å². The lowest BCUT2D eigenvalue weighted by atomic mass is 9.81. The molecule has 1 aromatic rings. The van der Waals surface area contributed by atoms with Crippen molar-refractivity contribution in [2.75, 3.05) is 19.7 Å². The van der Waals surface area contributed by atoms with Crippen LogP contribution >= 0.6 is 12.4 Å². The van der Waals surface area contributed by atoms with E-state index in [4.69, 9.17) is 9.47 Å². The van der Waals surface area contributed by atoms with E-state index in [9.17, 15) is 0 Å². The molecule has 0 aromatic heterocycles. The number of hydrogen-bond acceptors (Lipinski definition) is 3. The van der Waals surface area contributed by atoms with Gasteiger partial charge in [-0.05, 0) is 25.5 Å². The SMILES string of the molecule is CCOc1cccc2c1CO[C@]1(C)CNC[C@H]21.Cl. The van der Waals surface area contributed by atoms with E-state index in [-0.39, 0.29) is 18.0 Å². The van der Waals surface area contributed by atoms with Gasteiger partial charge in [-0.25, -0.2) is 0 Å². The molecule has 0 radical (unpaired) electrons. The second-order valence-corrected chi connectivity index (χ2v) is 5.04. The minimum absolute atomic E-state index is 0. The molecule has 0 bridgehead atoms. The summed E-state index contributed by atoms with van der Waals surface area (Å²) in [5.41, 5.74) is 2.59. The summed E-state index contributed by atoms with van der Waals surface area (Å²) in [5, 5.41) is 3.43. The van der Waals surface area contributed by atoms with Gasteiger partial charge in [-0.2, -0.15) is 0 Å². The van der Waals surface area contributed by atoms with Crippen molar-refractivity contribution in [3.05, 3.63) is 29.3 Å². The molecule has 2 atom stereocenters. The lowest BCUT2D eigenvalue weighted by Gasteiger charge is -2.37. The second kappa shape index (κ2) is 5.08. The van der Waals surface area contributed by atoms with E-state index < -0.39 is 0 Å². The van der Waals surface area contributed by atoms with Gasteiger partial charge in [0.2, 0.25) is 0 Å². The molecule has 18 heavy (non-hydrogen) atoms. The monoisotopic (exact) mass is 269 g/mol. The molecule has 1 saturated heterocycles. The minimum atomic E-state index is -0.0438. The van der Waals surface area contributed by atoms with Crippen LogP contribution in [-0.4, -0.2) is 25.3 Å². The zero-order valence-corrected chi connectivity index (χ0v) is 11.7. The van der Waals surface area contributed by atoms with Gasteiger partial charge in [-0.3, -0.25) is 0 Å². The first kappa shape index (κ1) is 13.7. The average Bonchev–Trinajstić information content (AvgIpc) is 2.72. The first-order chi connectivity index (χ1) is 8.24. The van der Waals surface area contributed by atoms with Gasteiger partial charge in [0.1, 0.15) is 5.75 Å². The van der Waals surface area contributed by atoms with Crippen LogP contribution in [0.5, 0.6) is 5.75 Å². The predicted octanol–water partition coefficient (Wildman–Crippen LogP) is 2.48. The van der Waals surface area contributed by atoms with Gasteiger partial charge in [0.15, 0.2) is 0 Å². The van der Waals surface area contributed by atoms with Crippen LogP contribution in [-0.2, 0) is 11.3 Å². The van der Waals surface area contributed by atoms with Crippen LogP contribution in [0.1, 0.15) is 30.9 Å². The molecule has 1 fully saturated rings. The predicted molar refractivity (Wildman–Crippen MR) is 73.7 cm³/mol. The fourth-order valence-electron chi connectivity index (χ4n) is 2.99. The maximum absolute atomic E-state index is 6.06. The summed E-state index contributed by atoms with van der Waals surface area (Å²) in [5.74, 6) is 1.44. The van der Waals surface area contributed by atoms with E-state index in [1.807, 2.05) is 13.0 Å². The van der Waals surface area contributed by atoms with Crippen LogP contribution in [0.2, 0.25) is 0 Å². The number of ether oxygens (including phenoxy) is 2. The van der Waals surface area contributed by atoms with Crippen molar-refractivity contribution >= 4 is 12.4 Å². The second-order valence-electron chi connectivity index (χ2n) is 5.04. The van der Waals surface area contributed by atoms with Gasteiger partial charge in [-0.1, -0.05) is 12.1 Å². The number of halogens is 1. The molecule has 2 heterocycles. The fraction of sp³-hybridized carbons (Fsp3) is 0.571. The zero-order valence-electron chi connectivity index (χ0n) is 10.9. The Morgan fingerprint density at radius 3 is 3.11 bits per heavy atom. The Bertz CT molecular complexity index is 438. The normalized spacial score (nSPS) is 29.1. The molecule has 0 unspecified atom stereocenters. The molecule has 2 aliphatic heterocycles. The van der Waals surface area contributed by atoms with E-state index in [0.717, 1.165) is 18.8 Å². The summed E-state index contributed by atoms with van der Waals surface area (Å²) >= 11 is 0. The molecule has 4 heteroatoms. The van der Waals surface area contributed by atoms with Crippen LogP contribution in [0.4, 0.5) is 0 Å². The van der Waals surface area contributed by atoms with Gasteiger partial charge in [-0.15, -0.1) is 12.4 Å². The molecule has 0 amide bonds. The molecule has 100 valence electrons. The van der Waals surface area contributed by atoms with Gasteiger partial charge in [0.05, 0.1) is 18.8 Å². The lowest BCUT2D eigenvalue weighted by Crippen LogP contribution is -2.39. The van der Waals surface area contributed by atoms with Gasteiger partial charge in [0.25, 0.3) is 0 Å². The van der Waals surface area contributed by atoms with Gasteiger partial charge < -0.3 is 14.8 Å². The number of rotatable bonds is 2. The van der Waals surface area contributed by atoms with E-state index in [1.54, 1.807) is 0 Å². The Hall–Kier alpha value is -0.770. The molecular weight excluding hydrogens is 250 g/mol. The lowest BCUT2D eigenvalue weighted by molar-refractivity contribution is -0.0526. The third kappa shape index (κ3) is 2.00. The van der Waals surface area contributed by atoms with Crippen molar-refractivity contribution in [3.63, 3.8) is 0 Å². The summed E-state index contributed by atoms with van der Waals surface area (Å²) in [4.78, 5) is 0. The van der Waals surface area contributed by atoms with Crippen LogP contribution in [0, 0.1) is 0 Å². The summed E-state index contributed by atoms with van der Waals surface area (Å²) in [6.45, 7) is 7.53. The van der Waals surface area contributed by atoms with Crippen LogP contribution < -0.4 is 10.1 Å². The molecule has 3 rings (SSSR count). The number of benzene rings is 1. The van der Waals surface area contributed by atoms with Crippen LogP contribution in [0.3, 0.4) is 0 Å². The maximum Gasteiger partial charge on any atom is 0.125 e. The molecule has 1 N–H and O–H groups in total. The summed E-state index contributed by atoms with van der Waals surface area (Å²) < 4.78 is 11.7. The molecule has 2 aliphatic rings. The number of hydrogen-bond donors (Lipinski definition) is 1. The van der Waals surface area contributed by atoms with E-state index >= 15 is 0 Å². The van der Waals surface area contributed by atoms with E-state index in [2.05, 4.69) is 24.4 Å². The third-order valence-corrected chi connectivity index (χ3v) is 3.95. The highest BCUT2D eigenvalue weighted by Gasteiger charge is 2.45. The average molecular weight is 270 g/mol. The summed E-state index contributed by atoms with van der Waals surface area (Å²) in [6.07, 6.45) is 0. The van der Waals surface area contributed by atoms with Crippen molar-refractivity contribution in [1.82, 2.24) is 5.32 Å². The van der Waals surface area contributed by atoms with Crippen LogP contribution in [0.25, 0.3) is 0 Å². The highest BCUT2D eigenvalue weighted by atomic mass is 35.5. The number of nitrogens with one attached hydrogen (secondary N) is 1. The first-order valence-corrected chi connectivity index (χ1v) is 6.34. The van der Waals surface area contributed by atoms with Crippen molar-refractivity contribution in [2.45, 2.75) is 32.0 Å². The Labute approximate surface area is 114 Å². The molecule has 0 saturated carbocycles. The quantitative estimate of drug-likeness (QED) is 0.895. The molecular formula is C14H20ClNO2. The largest absolute Gasteiger partial charge is 0.493 e. The topological polar surface area (TPSA) is 30.5 Å². The van der Waals surface area contributed by atoms with Crippen molar-refractivity contribution in [3.8, 4) is 5.75 Å². The maximum atomic E-state index is 6.06. The highest BCUT2D eigenvalue weighted by molar-refractivity contribution is 5.85. The van der Waals surface area contributed by atoms with Crippen molar-refractivity contribution in [2.24, 2.45) is 0 Å². The summed E-state index contributed by atoms with van der Waals surface area (Å²) in [7, 11) is 0. The zero-order chi connectivity index (χ0) is 11.9. The van der Waals surface area contributed by atoms with Gasteiger partial charge in [0, 0.05) is 24.6 Å². The molecule has 3 nitrogen and oxygen atoms in total. The Balaban J connectivity index is 0.00000120. The molecule has 1 aromatic carbocycles. The first-order valence-electron chi connectivity index (χ1n) is 6.34. The van der Waals surface area contributed by atoms with E-state index in [1.165, 1.54) is 11.1 Å². The number of fused-ring (bicyclic) bond motifs is 3. The van der Waals surface area contributed by atoms with Crippen molar-refractivity contribution in [1.29, 1.82) is 0 Å². The molecule has 0 spiro atoms. The standard InChI is InChI=1S/C14H19NO2.ClH/c1-3-16-13-6-4-5-10-11(13)8-17-14(2)9-15-7-12(10)14;/h4-6,12,15H,3,7-9H2,1-2H3;1H/t12-,14-;/m1./s1. The highest BCUT2D eigenvalue weighted by Crippen LogP contribution is 2.43. The smallest absolute Gasteiger partial charge is 0.125 e. The van der Waals surface area contributed by atoms with Gasteiger partial charge >= 0.3 is 0 Å². The fourth-order valence-corrected chi connectivity index (χ4v) is 2.99. The van der Waals surface area contributed by atoms with Crippen molar-refractivity contribution < 1.29 is 9.47 Å².